The average Bonchev–Trinajstić information content (AvgIpc) is 3.12. The molecule has 11 heteroatoms. The Hall–Kier alpha value is -3.41. The van der Waals surface area contributed by atoms with E-state index >= 15 is 0 Å². The van der Waals surface area contributed by atoms with Crippen molar-refractivity contribution in [2.45, 2.75) is 17.9 Å². The van der Waals surface area contributed by atoms with Crippen molar-refractivity contribution in [2.24, 2.45) is 0 Å². The second-order valence-electron chi connectivity index (χ2n) is 8.14. The minimum atomic E-state index is -3.68. The van der Waals surface area contributed by atoms with Crippen LogP contribution < -0.4 is 9.47 Å². The predicted octanol–water partition coefficient (Wildman–Crippen LogP) is 2.41. The number of hydrogen-bond acceptors (Lipinski definition) is 8. The molecule has 0 saturated carbocycles. The number of ketones is 1. The van der Waals surface area contributed by atoms with Crippen LogP contribution >= 0.6 is 0 Å². The summed E-state index contributed by atoms with van der Waals surface area (Å²) in [6.45, 7) is 2.54. The van der Waals surface area contributed by atoms with Crippen LogP contribution in [0.5, 0.6) is 11.5 Å². The largest absolute Gasteiger partial charge is 0.507 e. The molecule has 1 heterocycles. The second kappa shape index (κ2) is 11.1. The molecule has 0 radical (unpaired) electrons. The number of carbonyl (C=O) groups is 2. The van der Waals surface area contributed by atoms with Crippen LogP contribution in [0, 0.1) is 0 Å². The van der Waals surface area contributed by atoms with E-state index in [0.29, 0.717) is 23.7 Å². The van der Waals surface area contributed by atoms with Crippen molar-refractivity contribution in [1.29, 1.82) is 0 Å². The van der Waals surface area contributed by atoms with E-state index in [4.69, 9.17) is 14.2 Å². The number of amides is 1. The van der Waals surface area contributed by atoms with Crippen LogP contribution in [0.25, 0.3) is 5.76 Å². The Morgan fingerprint density at radius 2 is 1.72 bits per heavy atom. The normalized spacial score (nSPS) is 17.6. The van der Waals surface area contributed by atoms with E-state index in [1.807, 2.05) is 6.92 Å². The van der Waals surface area contributed by atoms with Crippen LogP contribution in [0.15, 0.2) is 52.9 Å². The summed E-state index contributed by atoms with van der Waals surface area (Å²) in [6.07, 6.45) is 0. The first kappa shape index (κ1) is 27.2. The van der Waals surface area contributed by atoms with Crippen molar-refractivity contribution >= 4 is 27.5 Å². The molecule has 1 N–H and O–H groups in total. The molecule has 0 aromatic heterocycles. The molecule has 3 rings (SSSR count). The summed E-state index contributed by atoms with van der Waals surface area (Å²) in [6, 6.07) is 9.56. The zero-order chi connectivity index (χ0) is 26.6. The molecule has 36 heavy (non-hydrogen) atoms. The van der Waals surface area contributed by atoms with E-state index in [-0.39, 0.29) is 29.2 Å². The average molecular weight is 519 g/mol. The fourth-order valence-corrected chi connectivity index (χ4v) is 4.83. The highest BCUT2D eigenvalue weighted by molar-refractivity contribution is 7.89. The summed E-state index contributed by atoms with van der Waals surface area (Å²) in [7, 11) is 2.10. The summed E-state index contributed by atoms with van der Waals surface area (Å²) < 4.78 is 42.0. The number of carbonyl (C=O) groups excluding carboxylic acids is 2. The lowest BCUT2D eigenvalue weighted by Gasteiger charge is -2.25. The Morgan fingerprint density at radius 1 is 1.06 bits per heavy atom. The summed E-state index contributed by atoms with van der Waals surface area (Å²) in [5.74, 6) is -1.15. The molecule has 0 spiro atoms. The molecular formula is C25H30N2O8S. The highest BCUT2D eigenvalue weighted by Gasteiger charge is 2.46. The number of aliphatic hydroxyl groups is 1. The lowest BCUT2D eigenvalue weighted by molar-refractivity contribution is -0.140. The van der Waals surface area contributed by atoms with E-state index in [2.05, 4.69) is 0 Å². The van der Waals surface area contributed by atoms with Crippen molar-refractivity contribution < 1.29 is 37.3 Å². The molecule has 194 valence electrons. The monoisotopic (exact) mass is 518 g/mol. The van der Waals surface area contributed by atoms with Gasteiger partial charge in [0.25, 0.3) is 11.7 Å². The number of sulfonamides is 1. The quantitative estimate of drug-likeness (QED) is 0.289. The van der Waals surface area contributed by atoms with Gasteiger partial charge in [-0.05, 0) is 48.9 Å². The number of methoxy groups -OCH3 is 2. The maximum Gasteiger partial charge on any atom is 0.295 e. The van der Waals surface area contributed by atoms with Gasteiger partial charge in [-0.25, -0.2) is 12.7 Å². The van der Waals surface area contributed by atoms with Crippen LogP contribution in [-0.4, -0.2) is 82.5 Å². The fourth-order valence-electron chi connectivity index (χ4n) is 3.93. The van der Waals surface area contributed by atoms with E-state index in [1.165, 1.54) is 57.5 Å². The zero-order valence-corrected chi connectivity index (χ0v) is 21.7. The van der Waals surface area contributed by atoms with E-state index in [1.54, 1.807) is 18.2 Å². The first-order valence-corrected chi connectivity index (χ1v) is 12.6. The second-order valence-corrected chi connectivity index (χ2v) is 10.3. The van der Waals surface area contributed by atoms with Gasteiger partial charge >= 0.3 is 0 Å². The summed E-state index contributed by atoms with van der Waals surface area (Å²) in [5, 5.41) is 11.2. The van der Waals surface area contributed by atoms with Gasteiger partial charge in [0.05, 0.1) is 36.8 Å². The maximum absolute atomic E-state index is 13.1. The van der Waals surface area contributed by atoms with Gasteiger partial charge in [-0.2, -0.15) is 0 Å². The summed E-state index contributed by atoms with van der Waals surface area (Å²) >= 11 is 0. The Labute approximate surface area is 210 Å². The van der Waals surface area contributed by atoms with Crippen molar-refractivity contribution in [3.05, 3.63) is 59.2 Å². The lowest BCUT2D eigenvalue weighted by atomic mass is 9.95. The van der Waals surface area contributed by atoms with Crippen LogP contribution in [0.4, 0.5) is 0 Å². The third kappa shape index (κ3) is 5.08. The minimum Gasteiger partial charge on any atom is -0.507 e. The van der Waals surface area contributed by atoms with Crippen molar-refractivity contribution in [1.82, 2.24) is 9.21 Å². The Balaban J connectivity index is 2.16. The molecule has 0 bridgehead atoms. The van der Waals surface area contributed by atoms with E-state index in [9.17, 15) is 23.1 Å². The molecular weight excluding hydrogens is 488 g/mol. The summed E-state index contributed by atoms with van der Waals surface area (Å²) in [5.41, 5.74) is 0.602. The third-order valence-corrected chi connectivity index (χ3v) is 7.62. The predicted molar refractivity (Wildman–Crippen MR) is 132 cm³/mol. The van der Waals surface area contributed by atoms with Crippen molar-refractivity contribution in [3.8, 4) is 11.5 Å². The number of ether oxygens (including phenoxy) is 3. The van der Waals surface area contributed by atoms with Gasteiger partial charge in [-0.1, -0.05) is 6.07 Å². The molecule has 2 aromatic rings. The van der Waals surface area contributed by atoms with Gasteiger partial charge in [-0.15, -0.1) is 0 Å². The first-order valence-electron chi connectivity index (χ1n) is 11.2. The number of nitrogens with zero attached hydrogens (tertiary/aromatic N) is 2. The van der Waals surface area contributed by atoms with Gasteiger partial charge in [0.2, 0.25) is 10.0 Å². The van der Waals surface area contributed by atoms with Gasteiger partial charge in [0.1, 0.15) is 5.76 Å². The Morgan fingerprint density at radius 3 is 2.28 bits per heavy atom. The highest BCUT2D eigenvalue weighted by Crippen LogP contribution is 2.42. The Bertz CT molecular complexity index is 1270. The molecule has 1 aliphatic heterocycles. The highest BCUT2D eigenvalue weighted by atomic mass is 32.2. The van der Waals surface area contributed by atoms with Gasteiger partial charge in [0.15, 0.2) is 11.5 Å². The molecule has 0 aliphatic carbocycles. The smallest absolute Gasteiger partial charge is 0.295 e. The standard InChI is InChI=1S/C25H30N2O8S/c1-6-35-19-12-9-17(15-20(19)34-5)22-21(24(29)25(30)27(22)13-14-33-4)23(28)16-7-10-18(11-8-16)36(31,32)26(2)3/h7-12,15,22,28H,6,13-14H2,1-5H3/b23-21+/t22-/m0/s1. The summed E-state index contributed by atoms with van der Waals surface area (Å²) in [4.78, 5) is 27.4. The molecule has 1 atom stereocenters. The number of Topliss-reactive ketones (excluding diaryl/α,β-unsaturated/α-hetero) is 1. The van der Waals surface area contributed by atoms with Gasteiger partial charge < -0.3 is 24.2 Å². The van der Waals surface area contributed by atoms with Crippen LogP contribution in [0.2, 0.25) is 0 Å². The van der Waals surface area contributed by atoms with Crippen molar-refractivity contribution in [3.63, 3.8) is 0 Å². The van der Waals surface area contributed by atoms with Gasteiger partial charge in [0, 0.05) is 33.3 Å². The number of likely N-dealkylation sites (tertiary alicyclic amines) is 1. The number of hydrogen-bond donors (Lipinski definition) is 1. The molecule has 1 aliphatic rings. The maximum atomic E-state index is 13.1. The molecule has 10 nitrogen and oxygen atoms in total. The number of rotatable bonds is 10. The van der Waals surface area contributed by atoms with Crippen molar-refractivity contribution in [2.75, 3.05) is 48.1 Å². The van der Waals surface area contributed by atoms with Crippen LogP contribution in [0.3, 0.4) is 0 Å². The first-order chi connectivity index (χ1) is 17.1. The Kier molecular flexibility index (Phi) is 8.39. The molecule has 1 fully saturated rings. The zero-order valence-electron chi connectivity index (χ0n) is 20.8. The van der Waals surface area contributed by atoms with E-state index in [0.717, 1.165) is 4.31 Å². The fraction of sp³-hybridized carbons (Fsp3) is 0.360. The molecule has 2 aromatic carbocycles. The SMILES string of the molecule is CCOc1ccc([C@H]2/C(=C(\O)c3ccc(S(=O)(=O)N(C)C)cc3)C(=O)C(=O)N2CCOC)cc1OC. The number of aliphatic hydroxyl groups excluding tert-OH is 1. The molecule has 1 saturated heterocycles. The number of benzene rings is 2. The third-order valence-electron chi connectivity index (χ3n) is 5.79. The molecule has 0 unspecified atom stereocenters. The van der Waals surface area contributed by atoms with Crippen LogP contribution in [0.1, 0.15) is 24.1 Å². The lowest BCUT2D eigenvalue weighted by Crippen LogP contribution is -2.32. The topological polar surface area (TPSA) is 123 Å². The van der Waals surface area contributed by atoms with Crippen LogP contribution in [-0.2, 0) is 24.3 Å². The van der Waals surface area contributed by atoms with Gasteiger partial charge in [-0.3, -0.25) is 9.59 Å². The minimum absolute atomic E-state index is 0.0254. The molecule has 1 amide bonds. The van der Waals surface area contributed by atoms with E-state index < -0.39 is 33.5 Å².